The van der Waals surface area contributed by atoms with Crippen molar-refractivity contribution in [2.75, 3.05) is 5.75 Å². The Kier molecular flexibility index (Phi) is 4.64. The molecule has 4 rings (SSSR count). The monoisotopic (exact) mass is 375 g/mol. The van der Waals surface area contributed by atoms with E-state index in [2.05, 4.69) is 34.3 Å². The van der Waals surface area contributed by atoms with Gasteiger partial charge in [-0.2, -0.15) is 0 Å². The number of nitrogens with zero attached hydrogens (tertiary/aromatic N) is 4. The predicted molar refractivity (Wildman–Crippen MR) is 101 cm³/mol. The number of rotatable bonds is 4. The molecule has 0 aliphatic heterocycles. The van der Waals surface area contributed by atoms with Gasteiger partial charge in [-0.15, -0.1) is 21.5 Å². The van der Waals surface area contributed by atoms with Crippen molar-refractivity contribution in [2.45, 2.75) is 57.1 Å². The minimum Gasteiger partial charge on any atom is -0.353 e. The van der Waals surface area contributed by atoms with Gasteiger partial charge in [0.15, 0.2) is 10.8 Å². The molecule has 3 aromatic rings. The minimum absolute atomic E-state index is 0.0743. The Hall–Kier alpha value is -1.67. The lowest BCUT2D eigenvalue weighted by molar-refractivity contribution is -0.119. The number of thioether (sulfide) groups is 1. The third kappa shape index (κ3) is 3.25. The third-order valence-electron chi connectivity index (χ3n) is 4.85. The molecule has 0 radical (unpaired) electrons. The van der Waals surface area contributed by atoms with E-state index >= 15 is 0 Å². The molecule has 0 spiro atoms. The van der Waals surface area contributed by atoms with Gasteiger partial charge in [-0.25, -0.2) is 4.98 Å². The highest BCUT2D eigenvalue weighted by Gasteiger charge is 2.18. The van der Waals surface area contributed by atoms with Crippen molar-refractivity contribution >= 4 is 44.9 Å². The fourth-order valence-electron chi connectivity index (χ4n) is 3.37. The lowest BCUT2D eigenvalue weighted by Crippen LogP contribution is -2.37. The molecule has 6 nitrogen and oxygen atoms in total. The third-order valence-corrected chi connectivity index (χ3v) is 6.91. The van der Waals surface area contributed by atoms with E-state index in [0.29, 0.717) is 17.0 Å². The lowest BCUT2D eigenvalue weighted by atomic mass is 9.95. The van der Waals surface area contributed by atoms with Crippen LogP contribution in [0.4, 0.5) is 0 Å². The fourth-order valence-corrected chi connectivity index (χ4v) is 5.08. The summed E-state index contributed by atoms with van der Waals surface area (Å²) in [4.78, 5) is 19.0. The van der Waals surface area contributed by atoms with Crippen molar-refractivity contribution in [2.24, 2.45) is 0 Å². The molecule has 1 aliphatic rings. The summed E-state index contributed by atoms with van der Waals surface area (Å²) in [5.41, 5.74) is 2.03. The van der Waals surface area contributed by atoms with Gasteiger partial charge in [-0.3, -0.25) is 9.20 Å². The average Bonchev–Trinajstić information content (AvgIpc) is 3.15. The first-order chi connectivity index (χ1) is 12.1. The van der Waals surface area contributed by atoms with Crippen LogP contribution >= 0.6 is 23.1 Å². The topological polar surface area (TPSA) is 72.2 Å². The molecule has 0 saturated heterocycles. The van der Waals surface area contributed by atoms with E-state index < -0.39 is 0 Å². The molecule has 132 valence electrons. The highest BCUT2D eigenvalue weighted by atomic mass is 32.2. The van der Waals surface area contributed by atoms with Crippen LogP contribution in [0.3, 0.4) is 0 Å². The quantitative estimate of drug-likeness (QED) is 0.707. The van der Waals surface area contributed by atoms with Crippen molar-refractivity contribution in [3.63, 3.8) is 0 Å². The van der Waals surface area contributed by atoms with Crippen LogP contribution in [-0.2, 0) is 4.79 Å². The minimum atomic E-state index is 0.0743. The molecule has 1 N–H and O–H groups in total. The van der Waals surface area contributed by atoms with Gasteiger partial charge in [0.25, 0.3) is 0 Å². The zero-order valence-corrected chi connectivity index (χ0v) is 16.0. The van der Waals surface area contributed by atoms with E-state index in [1.54, 1.807) is 17.7 Å². The number of aryl methyl sites for hydroxylation is 2. The summed E-state index contributed by atoms with van der Waals surface area (Å²) < 4.78 is 1.89. The molecule has 25 heavy (non-hydrogen) atoms. The van der Waals surface area contributed by atoms with Gasteiger partial charge in [0.05, 0.1) is 11.1 Å². The van der Waals surface area contributed by atoms with E-state index in [-0.39, 0.29) is 5.91 Å². The first-order valence-electron chi connectivity index (χ1n) is 8.65. The molecule has 0 aromatic carbocycles. The molecule has 1 aliphatic carbocycles. The van der Waals surface area contributed by atoms with E-state index in [9.17, 15) is 4.79 Å². The van der Waals surface area contributed by atoms with Gasteiger partial charge in [-0.1, -0.05) is 31.0 Å². The van der Waals surface area contributed by atoms with Crippen molar-refractivity contribution in [1.29, 1.82) is 0 Å². The molecule has 0 unspecified atom stereocenters. The molecule has 3 heterocycles. The van der Waals surface area contributed by atoms with Gasteiger partial charge in [0.1, 0.15) is 11.2 Å². The molecular weight excluding hydrogens is 354 g/mol. The molecule has 3 aromatic heterocycles. The summed E-state index contributed by atoms with van der Waals surface area (Å²) in [6.45, 7) is 4.19. The van der Waals surface area contributed by atoms with Crippen molar-refractivity contribution < 1.29 is 4.79 Å². The van der Waals surface area contributed by atoms with Crippen LogP contribution in [0.1, 0.15) is 42.5 Å². The van der Waals surface area contributed by atoms with Gasteiger partial charge < -0.3 is 5.32 Å². The number of amides is 1. The molecule has 1 saturated carbocycles. The van der Waals surface area contributed by atoms with Gasteiger partial charge in [0.2, 0.25) is 5.91 Å². The average molecular weight is 376 g/mol. The van der Waals surface area contributed by atoms with Crippen LogP contribution in [0.15, 0.2) is 11.5 Å². The fraction of sp³-hybridized carbons (Fsp3) is 0.529. The Morgan fingerprint density at radius 2 is 2.12 bits per heavy atom. The highest BCUT2D eigenvalue weighted by Crippen LogP contribution is 2.32. The molecule has 8 heteroatoms. The van der Waals surface area contributed by atoms with Crippen LogP contribution in [0.5, 0.6) is 0 Å². The first kappa shape index (κ1) is 16.8. The van der Waals surface area contributed by atoms with Crippen LogP contribution in [0.25, 0.3) is 15.9 Å². The standard InChI is InChI=1S/C17H21N5OS2/c1-10-11(2)25-16-14(10)15-20-21-17(22(15)9-18-16)24-8-13(23)19-12-6-4-3-5-7-12/h9,12H,3-8H2,1-2H3,(H,19,23). The smallest absolute Gasteiger partial charge is 0.230 e. The van der Waals surface area contributed by atoms with E-state index in [1.807, 2.05) is 4.40 Å². The van der Waals surface area contributed by atoms with Crippen molar-refractivity contribution in [3.8, 4) is 0 Å². The summed E-state index contributed by atoms with van der Waals surface area (Å²) in [6, 6.07) is 0.342. The summed E-state index contributed by atoms with van der Waals surface area (Å²) >= 11 is 3.09. The van der Waals surface area contributed by atoms with Crippen molar-refractivity contribution in [3.05, 3.63) is 16.8 Å². The Balaban J connectivity index is 1.50. The SMILES string of the molecule is Cc1sc2ncn3c(SCC(=O)NC4CCCCC4)nnc3c2c1C. The molecular formula is C17H21N5OS2. The number of nitrogens with one attached hydrogen (secondary N) is 1. The number of thiophene rings is 1. The van der Waals surface area contributed by atoms with Gasteiger partial charge >= 0.3 is 0 Å². The summed E-state index contributed by atoms with van der Waals surface area (Å²) in [6.07, 6.45) is 7.68. The first-order valence-corrected chi connectivity index (χ1v) is 10.5. The summed E-state index contributed by atoms with van der Waals surface area (Å²) in [5.74, 6) is 0.432. The van der Waals surface area contributed by atoms with Crippen LogP contribution in [-0.4, -0.2) is 37.3 Å². The van der Waals surface area contributed by atoms with Crippen LogP contribution in [0.2, 0.25) is 0 Å². The second-order valence-corrected chi connectivity index (χ2v) is 8.72. The number of hydrogen-bond acceptors (Lipinski definition) is 6. The maximum atomic E-state index is 12.2. The van der Waals surface area contributed by atoms with Crippen LogP contribution < -0.4 is 5.32 Å². The van der Waals surface area contributed by atoms with Gasteiger partial charge in [-0.05, 0) is 32.3 Å². The number of fused-ring (bicyclic) bond motifs is 3. The number of carbonyl (C=O) groups is 1. The second-order valence-electron chi connectivity index (χ2n) is 6.58. The number of carbonyl (C=O) groups excluding carboxylic acids is 1. The van der Waals surface area contributed by atoms with E-state index in [4.69, 9.17) is 0 Å². The molecule has 1 fully saturated rings. The van der Waals surface area contributed by atoms with Crippen molar-refractivity contribution in [1.82, 2.24) is 24.9 Å². The molecule has 0 bridgehead atoms. The highest BCUT2D eigenvalue weighted by molar-refractivity contribution is 7.99. The maximum Gasteiger partial charge on any atom is 0.230 e. The largest absolute Gasteiger partial charge is 0.353 e. The van der Waals surface area contributed by atoms with Gasteiger partial charge in [0, 0.05) is 10.9 Å². The predicted octanol–water partition coefficient (Wildman–Crippen LogP) is 3.50. The lowest BCUT2D eigenvalue weighted by Gasteiger charge is -2.22. The Morgan fingerprint density at radius 1 is 1.32 bits per heavy atom. The number of aromatic nitrogens is 4. The Labute approximate surface area is 154 Å². The van der Waals surface area contributed by atoms with E-state index in [1.165, 1.54) is 41.5 Å². The normalized spacial score (nSPS) is 15.9. The number of hydrogen-bond donors (Lipinski definition) is 1. The zero-order chi connectivity index (χ0) is 17.4. The maximum absolute atomic E-state index is 12.2. The molecule has 1 amide bonds. The Bertz CT molecular complexity index is 926. The second kappa shape index (κ2) is 6.92. The van der Waals surface area contributed by atoms with E-state index in [0.717, 1.165) is 28.7 Å². The molecule has 0 atom stereocenters. The summed E-state index contributed by atoms with van der Waals surface area (Å²) in [5, 5.41) is 13.5. The summed E-state index contributed by atoms with van der Waals surface area (Å²) in [7, 11) is 0. The van der Waals surface area contributed by atoms with Crippen LogP contribution in [0, 0.1) is 13.8 Å². The Morgan fingerprint density at radius 3 is 2.92 bits per heavy atom. The zero-order valence-electron chi connectivity index (χ0n) is 14.4.